The van der Waals surface area contributed by atoms with Crippen LogP contribution in [0, 0.1) is 0 Å². The van der Waals surface area contributed by atoms with Crippen LogP contribution in [0.15, 0.2) is 0 Å². The third kappa shape index (κ3) is 185. The third-order valence-corrected chi connectivity index (χ3v) is 0. The Morgan fingerprint density at radius 3 is 0.438 bits per heavy atom. The average molecular weight is 416 g/mol. The first-order chi connectivity index (χ1) is 4.00. The van der Waals surface area contributed by atoms with Crippen LogP contribution < -0.4 is 202 Å². The van der Waals surface area contributed by atoms with Gasteiger partial charge < -0.3 is 0 Å². The van der Waals surface area contributed by atoms with Crippen molar-refractivity contribution in [1.82, 2.24) is 0 Å². The minimum absolute atomic E-state index is 0. The van der Waals surface area contributed by atoms with Crippen LogP contribution in [-0.2, 0) is 7.48 Å². The first-order valence-corrected chi connectivity index (χ1v) is 7.59. The smallest absolute Gasteiger partial charge is 1.00 e. The summed E-state index contributed by atoms with van der Waals surface area (Å²) in [6, 6.07) is 0. The molecule has 0 radical (unpaired) electrons. The monoisotopic (exact) mass is 416 g/mol. The molecule has 0 aliphatic heterocycles. The first kappa shape index (κ1) is 49.5. The molecule has 0 aliphatic carbocycles. The van der Waals surface area contributed by atoms with E-state index in [2.05, 4.69) is 0 Å². The molecule has 0 atom stereocenters. The van der Waals surface area contributed by atoms with Gasteiger partial charge in [0.25, 0.3) is 0 Å². The quantitative estimate of drug-likeness (QED) is 0.350. The van der Waals surface area contributed by atoms with Crippen LogP contribution in [-0.4, -0.2) is 29.0 Å². The van der Waals surface area contributed by atoms with Gasteiger partial charge in [0.05, 0.1) is 0 Å². The molecule has 16 heavy (non-hydrogen) atoms. The summed E-state index contributed by atoms with van der Waals surface area (Å²) in [6.07, 6.45) is 0. The van der Waals surface area contributed by atoms with Gasteiger partial charge in [0.15, 0.2) is 0 Å². The standard InChI is InChI=1S/2AsH3O4.6Na/c2*2-1(3,4)5;;;;;;/h2*(H3,2,3,4,5);;;;;;/q;;6*+1/p-6. The fraction of sp³-hybridized carbons (Fsp3) is 0. The molecule has 0 N–H and O–H groups in total. The fourth-order valence-electron chi connectivity index (χ4n) is 0. The van der Waals surface area contributed by atoms with E-state index in [4.69, 9.17) is 32.1 Å². The van der Waals surface area contributed by atoms with Crippen LogP contribution in [0.4, 0.5) is 0 Å². The van der Waals surface area contributed by atoms with Crippen LogP contribution in [0.2, 0.25) is 0 Å². The maximum atomic E-state index is 8.61. The molecular weight excluding hydrogens is 416 g/mol. The summed E-state index contributed by atoms with van der Waals surface area (Å²) < 4.78 is 68.9. The van der Waals surface area contributed by atoms with Gasteiger partial charge in [-0.15, -0.1) is 0 Å². The van der Waals surface area contributed by atoms with Crippen molar-refractivity contribution in [2.24, 2.45) is 0 Å². The number of hydrogen-bond donors (Lipinski definition) is 0. The molecule has 0 aromatic heterocycles. The molecule has 0 heterocycles. The van der Waals surface area contributed by atoms with Gasteiger partial charge in [-0.05, 0) is 0 Å². The summed E-state index contributed by atoms with van der Waals surface area (Å²) >= 11 is -11.8. The van der Waals surface area contributed by atoms with E-state index in [9.17, 15) is 0 Å². The van der Waals surface area contributed by atoms with Crippen molar-refractivity contribution in [3.8, 4) is 0 Å². The van der Waals surface area contributed by atoms with Gasteiger partial charge in [0, 0.05) is 0 Å². The maximum absolute atomic E-state index is 8.61. The number of rotatable bonds is 0. The summed E-state index contributed by atoms with van der Waals surface area (Å²) in [4.78, 5) is 0. The molecule has 0 fully saturated rings. The zero-order chi connectivity index (χ0) is 9.00. The third-order valence-electron chi connectivity index (χ3n) is 0. The molecule has 0 amide bonds. The van der Waals surface area contributed by atoms with Gasteiger partial charge in [-0.3, -0.25) is 0 Å². The van der Waals surface area contributed by atoms with Crippen molar-refractivity contribution >= 4 is 29.0 Å². The molecule has 8 nitrogen and oxygen atoms in total. The molecular formula is As2Na6O8. The maximum Gasteiger partial charge on any atom is 1.00 e. The molecule has 0 unspecified atom stereocenters. The zero-order valence-electron chi connectivity index (χ0n) is 10.2. The zero-order valence-corrected chi connectivity index (χ0v) is 25.9. The van der Waals surface area contributed by atoms with E-state index in [0.717, 1.165) is 0 Å². The summed E-state index contributed by atoms with van der Waals surface area (Å²) in [5, 5.41) is 0. The van der Waals surface area contributed by atoms with Crippen LogP contribution in [0.25, 0.3) is 0 Å². The average Bonchev–Trinajstić information content (AvgIpc) is 1.12. The Labute approximate surface area is 232 Å². The molecule has 0 rings (SSSR count). The molecule has 0 spiro atoms. The van der Waals surface area contributed by atoms with Gasteiger partial charge in [0.1, 0.15) is 0 Å². The van der Waals surface area contributed by atoms with Crippen molar-refractivity contribution in [1.29, 1.82) is 0 Å². The van der Waals surface area contributed by atoms with E-state index in [1.165, 1.54) is 0 Å². The van der Waals surface area contributed by atoms with Crippen molar-refractivity contribution in [3.63, 3.8) is 0 Å². The summed E-state index contributed by atoms with van der Waals surface area (Å²) in [7, 11) is 0. The van der Waals surface area contributed by atoms with E-state index in [1.54, 1.807) is 0 Å². The first-order valence-electron chi connectivity index (χ1n) is 1.46. The van der Waals surface area contributed by atoms with Gasteiger partial charge in [-0.2, -0.15) is 0 Å². The Morgan fingerprint density at radius 1 is 0.438 bits per heavy atom. The van der Waals surface area contributed by atoms with Crippen molar-refractivity contribution in [2.75, 3.05) is 0 Å². The second kappa shape index (κ2) is 26.4. The van der Waals surface area contributed by atoms with E-state index >= 15 is 0 Å². The largest absolute Gasteiger partial charge is 1.00 e. The Kier molecular flexibility index (Phi) is 81.6. The Bertz CT molecular complexity index is 135. The Balaban J connectivity index is -0.00000000970. The van der Waals surface area contributed by atoms with Crippen LogP contribution >= 0.6 is 0 Å². The Morgan fingerprint density at radius 2 is 0.438 bits per heavy atom. The van der Waals surface area contributed by atoms with Crippen molar-refractivity contribution in [3.05, 3.63) is 0 Å². The summed E-state index contributed by atoms with van der Waals surface area (Å²) in [5.74, 6) is 0. The van der Waals surface area contributed by atoms with Crippen LogP contribution in [0.3, 0.4) is 0 Å². The SMILES string of the molecule is O=[As]([O-])([O-])[O-].O=[As]([O-])([O-])[O-].[Na+].[Na+].[Na+].[Na+].[Na+].[Na+]. The van der Waals surface area contributed by atoms with E-state index in [0.29, 0.717) is 0 Å². The normalized spacial score (nSPS) is 7.38. The molecule has 0 aromatic rings. The number of hydrogen-bond acceptors (Lipinski definition) is 8. The van der Waals surface area contributed by atoms with E-state index in [-0.39, 0.29) is 177 Å². The predicted octanol–water partition coefficient (Wildman–Crippen LogP) is -26.1. The van der Waals surface area contributed by atoms with E-state index in [1.807, 2.05) is 0 Å². The molecule has 0 saturated heterocycles. The molecule has 16 heteroatoms. The van der Waals surface area contributed by atoms with Crippen molar-refractivity contribution < 1.29 is 209 Å². The fourth-order valence-corrected chi connectivity index (χ4v) is 0. The van der Waals surface area contributed by atoms with Gasteiger partial charge >= 0.3 is 238 Å². The van der Waals surface area contributed by atoms with Gasteiger partial charge in [0.2, 0.25) is 0 Å². The Hall–Kier alpha value is 6.48. The minimum Gasteiger partial charge on any atom is 1.00 e. The molecule has 0 bridgehead atoms. The summed E-state index contributed by atoms with van der Waals surface area (Å²) in [5.41, 5.74) is 0. The second-order valence-electron chi connectivity index (χ2n) is 0.894. The molecule has 0 saturated carbocycles. The molecule has 0 aromatic carbocycles. The topological polar surface area (TPSA) is 172 Å². The van der Waals surface area contributed by atoms with Crippen molar-refractivity contribution in [2.45, 2.75) is 0 Å². The van der Waals surface area contributed by atoms with Gasteiger partial charge in [-0.25, -0.2) is 0 Å². The predicted molar refractivity (Wildman–Crippen MR) is 12.9 cm³/mol. The second-order valence-corrected chi connectivity index (χ2v) is 4.65. The molecule has 0 aliphatic rings. The minimum atomic E-state index is -5.88. The van der Waals surface area contributed by atoms with E-state index < -0.39 is 29.0 Å². The van der Waals surface area contributed by atoms with Crippen LogP contribution in [0.5, 0.6) is 0 Å². The van der Waals surface area contributed by atoms with Crippen LogP contribution in [0.1, 0.15) is 0 Å². The summed E-state index contributed by atoms with van der Waals surface area (Å²) in [6.45, 7) is 0. The molecule has 64 valence electrons. The van der Waals surface area contributed by atoms with Gasteiger partial charge in [-0.1, -0.05) is 0 Å².